The Morgan fingerprint density at radius 2 is 1.76 bits per heavy atom. The molecule has 2 aromatic carbocycles. The summed E-state index contributed by atoms with van der Waals surface area (Å²) < 4.78 is 52.7. The predicted octanol–water partition coefficient (Wildman–Crippen LogP) is 5.43. The summed E-state index contributed by atoms with van der Waals surface area (Å²) in [4.78, 5) is 0. The number of nitrogen functional groups attached to an aromatic ring is 1. The molecule has 8 heteroatoms. The first-order valence-corrected chi connectivity index (χ1v) is 7.02. The standard InChI is InChI=1S/C13H8ClF4IN2/c14-6-1-2-11(7(3-6)13(16,17)18)21-12-4-8(15)9(19)5-10(12)20/h1-5,21H,20H2. The summed E-state index contributed by atoms with van der Waals surface area (Å²) in [7, 11) is 0. The van der Waals surface area contributed by atoms with Crippen LogP contribution in [-0.4, -0.2) is 0 Å². The van der Waals surface area contributed by atoms with Gasteiger partial charge in [0.15, 0.2) is 0 Å². The molecule has 0 saturated carbocycles. The third-order valence-electron chi connectivity index (χ3n) is 2.65. The molecule has 0 atom stereocenters. The van der Waals surface area contributed by atoms with Gasteiger partial charge in [0.2, 0.25) is 0 Å². The highest BCUT2D eigenvalue weighted by atomic mass is 127. The van der Waals surface area contributed by atoms with Crippen molar-refractivity contribution in [2.45, 2.75) is 6.18 Å². The zero-order valence-electron chi connectivity index (χ0n) is 10.2. The maximum absolute atomic E-state index is 13.5. The third-order valence-corrected chi connectivity index (χ3v) is 3.71. The number of nitrogens with two attached hydrogens (primary N) is 1. The van der Waals surface area contributed by atoms with Gasteiger partial charge < -0.3 is 11.1 Å². The van der Waals surface area contributed by atoms with Crippen LogP contribution in [0.15, 0.2) is 30.3 Å². The molecule has 0 aliphatic carbocycles. The van der Waals surface area contributed by atoms with Crippen molar-refractivity contribution in [3.05, 3.63) is 50.3 Å². The van der Waals surface area contributed by atoms with E-state index in [4.69, 9.17) is 17.3 Å². The van der Waals surface area contributed by atoms with Crippen molar-refractivity contribution in [3.63, 3.8) is 0 Å². The lowest BCUT2D eigenvalue weighted by atomic mass is 10.1. The smallest absolute Gasteiger partial charge is 0.397 e. The van der Waals surface area contributed by atoms with Gasteiger partial charge in [0.1, 0.15) is 5.82 Å². The zero-order chi connectivity index (χ0) is 15.8. The molecule has 112 valence electrons. The van der Waals surface area contributed by atoms with E-state index in [9.17, 15) is 17.6 Å². The summed E-state index contributed by atoms with van der Waals surface area (Å²) in [6.07, 6.45) is -4.59. The molecule has 0 radical (unpaired) electrons. The normalized spacial score (nSPS) is 11.5. The second kappa shape index (κ2) is 5.88. The van der Waals surface area contributed by atoms with Gasteiger partial charge in [0.25, 0.3) is 0 Å². The fourth-order valence-corrected chi connectivity index (χ4v) is 2.34. The average molecular weight is 431 g/mol. The van der Waals surface area contributed by atoms with E-state index in [1.54, 1.807) is 22.6 Å². The summed E-state index contributed by atoms with van der Waals surface area (Å²) in [6, 6.07) is 5.65. The molecule has 0 amide bonds. The zero-order valence-corrected chi connectivity index (χ0v) is 13.1. The molecule has 21 heavy (non-hydrogen) atoms. The van der Waals surface area contributed by atoms with Crippen molar-refractivity contribution in [1.29, 1.82) is 0 Å². The van der Waals surface area contributed by atoms with Crippen LogP contribution in [0.1, 0.15) is 5.56 Å². The first-order valence-electron chi connectivity index (χ1n) is 5.57. The quantitative estimate of drug-likeness (QED) is 0.379. The molecule has 2 aromatic rings. The summed E-state index contributed by atoms with van der Waals surface area (Å²) >= 11 is 7.33. The molecule has 0 bridgehead atoms. The van der Waals surface area contributed by atoms with E-state index in [1.165, 1.54) is 18.2 Å². The highest BCUT2D eigenvalue weighted by molar-refractivity contribution is 14.1. The maximum atomic E-state index is 13.5. The summed E-state index contributed by atoms with van der Waals surface area (Å²) in [5.74, 6) is -0.574. The van der Waals surface area contributed by atoms with E-state index < -0.39 is 17.6 Å². The molecule has 0 aliphatic rings. The summed E-state index contributed by atoms with van der Waals surface area (Å²) in [6.45, 7) is 0. The summed E-state index contributed by atoms with van der Waals surface area (Å²) in [5, 5.41) is 2.45. The van der Waals surface area contributed by atoms with Crippen molar-refractivity contribution in [2.75, 3.05) is 11.1 Å². The highest BCUT2D eigenvalue weighted by Gasteiger charge is 2.34. The van der Waals surface area contributed by atoms with Crippen molar-refractivity contribution in [2.24, 2.45) is 0 Å². The number of nitrogens with one attached hydrogen (secondary N) is 1. The van der Waals surface area contributed by atoms with Crippen molar-refractivity contribution < 1.29 is 17.6 Å². The van der Waals surface area contributed by atoms with E-state index in [1.807, 2.05) is 0 Å². The van der Waals surface area contributed by atoms with Gasteiger partial charge in [-0.3, -0.25) is 0 Å². The van der Waals surface area contributed by atoms with Crippen LogP contribution in [0.5, 0.6) is 0 Å². The molecule has 2 nitrogen and oxygen atoms in total. The number of rotatable bonds is 2. The molecule has 0 aromatic heterocycles. The molecule has 0 spiro atoms. The summed E-state index contributed by atoms with van der Waals surface area (Å²) in [5.41, 5.74) is 4.68. The van der Waals surface area contributed by atoms with Gasteiger partial charge in [-0.25, -0.2) is 4.39 Å². The van der Waals surface area contributed by atoms with E-state index in [-0.39, 0.29) is 25.7 Å². The van der Waals surface area contributed by atoms with Crippen LogP contribution >= 0.6 is 34.2 Å². The SMILES string of the molecule is Nc1cc(I)c(F)cc1Nc1ccc(Cl)cc1C(F)(F)F. The van der Waals surface area contributed by atoms with Crippen LogP contribution in [-0.2, 0) is 6.18 Å². The minimum absolute atomic E-state index is 0.0466. The van der Waals surface area contributed by atoms with Gasteiger partial charge in [0.05, 0.1) is 26.2 Å². The second-order valence-electron chi connectivity index (χ2n) is 4.17. The Morgan fingerprint density at radius 1 is 1.10 bits per heavy atom. The lowest BCUT2D eigenvalue weighted by Gasteiger charge is -2.16. The van der Waals surface area contributed by atoms with Gasteiger partial charge in [-0.2, -0.15) is 13.2 Å². The number of anilines is 3. The fourth-order valence-electron chi connectivity index (χ4n) is 1.68. The number of alkyl halides is 3. The van der Waals surface area contributed by atoms with Gasteiger partial charge in [0, 0.05) is 11.1 Å². The number of hydrogen-bond acceptors (Lipinski definition) is 2. The largest absolute Gasteiger partial charge is 0.418 e. The Bertz CT molecular complexity index is 689. The minimum atomic E-state index is -4.59. The van der Waals surface area contributed by atoms with Crippen molar-refractivity contribution >= 4 is 51.3 Å². The molecular formula is C13H8ClF4IN2. The second-order valence-corrected chi connectivity index (χ2v) is 5.76. The Labute approximate surface area is 136 Å². The Morgan fingerprint density at radius 3 is 2.38 bits per heavy atom. The van der Waals surface area contributed by atoms with E-state index in [2.05, 4.69) is 5.32 Å². The molecule has 0 fully saturated rings. The lowest BCUT2D eigenvalue weighted by Crippen LogP contribution is -2.09. The van der Waals surface area contributed by atoms with Gasteiger partial charge in [-0.05, 0) is 46.9 Å². The van der Waals surface area contributed by atoms with Crippen molar-refractivity contribution in [1.82, 2.24) is 0 Å². The molecule has 0 unspecified atom stereocenters. The van der Waals surface area contributed by atoms with E-state index in [0.29, 0.717) is 0 Å². The molecule has 3 N–H and O–H groups in total. The van der Waals surface area contributed by atoms with Crippen molar-refractivity contribution in [3.8, 4) is 0 Å². The lowest BCUT2D eigenvalue weighted by molar-refractivity contribution is -0.136. The van der Waals surface area contributed by atoms with Crippen LogP contribution in [0, 0.1) is 9.39 Å². The monoisotopic (exact) mass is 430 g/mol. The van der Waals surface area contributed by atoms with Crippen LogP contribution in [0.4, 0.5) is 34.6 Å². The van der Waals surface area contributed by atoms with Crippen LogP contribution in [0.25, 0.3) is 0 Å². The van der Waals surface area contributed by atoms with Gasteiger partial charge in [-0.15, -0.1) is 0 Å². The van der Waals surface area contributed by atoms with Crippen LogP contribution in [0.3, 0.4) is 0 Å². The Hall–Kier alpha value is -1.22. The molecule has 0 saturated heterocycles. The van der Waals surface area contributed by atoms with Gasteiger partial charge >= 0.3 is 6.18 Å². The Balaban J connectivity index is 2.47. The topological polar surface area (TPSA) is 38.0 Å². The number of halogens is 6. The first-order chi connectivity index (χ1) is 9.68. The van der Waals surface area contributed by atoms with E-state index >= 15 is 0 Å². The molecule has 2 rings (SSSR count). The fraction of sp³-hybridized carbons (Fsp3) is 0.0769. The maximum Gasteiger partial charge on any atom is 0.418 e. The van der Waals surface area contributed by atoms with Crippen LogP contribution < -0.4 is 11.1 Å². The number of hydrogen-bond donors (Lipinski definition) is 2. The predicted molar refractivity (Wildman–Crippen MR) is 83.3 cm³/mol. The van der Waals surface area contributed by atoms with Crippen LogP contribution in [0.2, 0.25) is 5.02 Å². The van der Waals surface area contributed by atoms with Gasteiger partial charge in [-0.1, -0.05) is 11.6 Å². The molecule has 0 aliphatic heterocycles. The minimum Gasteiger partial charge on any atom is -0.397 e. The molecular weight excluding hydrogens is 423 g/mol. The highest BCUT2D eigenvalue weighted by Crippen LogP contribution is 2.38. The first kappa shape index (κ1) is 16.2. The molecule has 0 heterocycles. The average Bonchev–Trinajstić information content (AvgIpc) is 2.36. The Kier molecular flexibility index (Phi) is 4.52. The number of benzene rings is 2. The third kappa shape index (κ3) is 3.70. The van der Waals surface area contributed by atoms with E-state index in [0.717, 1.165) is 12.1 Å².